The molecule has 2 aromatic carbocycles. The van der Waals surface area contributed by atoms with Crippen LogP contribution >= 0.6 is 0 Å². The Labute approximate surface area is 180 Å². The summed E-state index contributed by atoms with van der Waals surface area (Å²) >= 11 is 0. The van der Waals surface area contributed by atoms with E-state index in [2.05, 4.69) is 0 Å². The number of hydrogen-bond donors (Lipinski definition) is 0. The van der Waals surface area contributed by atoms with E-state index >= 15 is 0 Å². The van der Waals surface area contributed by atoms with Crippen LogP contribution in [-0.2, 0) is 31.1 Å². The van der Waals surface area contributed by atoms with Crippen molar-refractivity contribution in [3.8, 4) is 0 Å². The molecule has 8 heteroatoms. The van der Waals surface area contributed by atoms with Crippen molar-refractivity contribution < 1.29 is 27.5 Å². The number of ether oxygens (including phenoxy) is 2. The Balaban J connectivity index is 1.65. The molecule has 0 unspecified atom stereocenters. The molecule has 0 radical (unpaired) electrons. The molecule has 0 N–H and O–H groups in total. The minimum absolute atomic E-state index is 0.364. The van der Waals surface area contributed by atoms with Crippen molar-refractivity contribution in [2.45, 2.75) is 47.7 Å². The predicted molar refractivity (Wildman–Crippen MR) is 114 cm³/mol. The molecular formula is C22H24O6S2. The van der Waals surface area contributed by atoms with Crippen molar-refractivity contribution in [1.29, 1.82) is 0 Å². The van der Waals surface area contributed by atoms with Gasteiger partial charge in [0.2, 0.25) is 0 Å². The highest BCUT2D eigenvalue weighted by Gasteiger charge is 2.32. The quantitative estimate of drug-likeness (QED) is 0.629. The van der Waals surface area contributed by atoms with Crippen molar-refractivity contribution in [2.24, 2.45) is 0 Å². The van der Waals surface area contributed by atoms with Crippen LogP contribution < -0.4 is 0 Å². The van der Waals surface area contributed by atoms with E-state index in [0.717, 1.165) is 12.8 Å². The molecule has 3 rings (SSSR count). The third-order valence-corrected chi connectivity index (χ3v) is 6.87. The van der Waals surface area contributed by atoms with Crippen molar-refractivity contribution in [3.63, 3.8) is 0 Å². The highest BCUT2D eigenvalue weighted by atomic mass is 32.2. The van der Waals surface area contributed by atoms with Crippen LogP contribution in [-0.4, -0.2) is 45.1 Å². The van der Waals surface area contributed by atoms with Crippen LogP contribution in [0.2, 0.25) is 0 Å². The highest BCUT2D eigenvalue weighted by molar-refractivity contribution is 7.84. The van der Waals surface area contributed by atoms with Gasteiger partial charge in [-0.25, -0.2) is 9.59 Å². The number of esters is 2. The average Bonchev–Trinajstić information content (AvgIpc) is 2.75. The van der Waals surface area contributed by atoms with Gasteiger partial charge in [0.1, 0.15) is 12.2 Å². The van der Waals surface area contributed by atoms with Crippen LogP contribution in [0, 0.1) is 0 Å². The van der Waals surface area contributed by atoms with E-state index in [1.165, 1.54) is 0 Å². The Morgan fingerprint density at radius 1 is 0.700 bits per heavy atom. The maximum Gasteiger partial charge on any atom is 0.338 e. The van der Waals surface area contributed by atoms with Gasteiger partial charge in [0.25, 0.3) is 0 Å². The average molecular weight is 449 g/mol. The second-order valence-electron chi connectivity index (χ2n) is 7.13. The summed E-state index contributed by atoms with van der Waals surface area (Å²) in [6.45, 7) is 0. The van der Waals surface area contributed by atoms with Gasteiger partial charge >= 0.3 is 11.9 Å². The zero-order valence-electron chi connectivity index (χ0n) is 16.9. The predicted octanol–water partition coefficient (Wildman–Crippen LogP) is 3.49. The molecule has 1 aliphatic carbocycles. The molecule has 0 spiro atoms. The molecular weight excluding hydrogens is 424 g/mol. The van der Waals surface area contributed by atoms with Gasteiger partial charge in [0.05, 0.1) is 11.1 Å². The molecule has 0 aliphatic heterocycles. The summed E-state index contributed by atoms with van der Waals surface area (Å²) in [7, 11) is -2.24. The second kappa shape index (κ2) is 10.1. The lowest BCUT2D eigenvalue weighted by Crippen LogP contribution is -2.37. The Hall–Kier alpha value is -2.32. The van der Waals surface area contributed by atoms with Crippen LogP contribution in [0.4, 0.5) is 0 Å². The van der Waals surface area contributed by atoms with E-state index in [1.54, 1.807) is 61.0 Å². The maximum absolute atomic E-state index is 12.5. The summed E-state index contributed by atoms with van der Waals surface area (Å²) in [4.78, 5) is 26.3. The standard InChI is InChI=1S/C22H24O6S2/c1-29(25)17-11-7-15(8-12-17)21(23)27-19-5-3-4-6-20(19)28-22(24)16-9-13-18(14-10-16)30(2)26/h7-14,19-20H,3-6H2,1-2H3/t19-,20-,29+,30+/m1/s1. The first-order valence-electron chi connectivity index (χ1n) is 9.64. The molecule has 4 atom stereocenters. The van der Waals surface area contributed by atoms with Crippen molar-refractivity contribution in [1.82, 2.24) is 0 Å². The van der Waals surface area contributed by atoms with Gasteiger partial charge in [0, 0.05) is 43.9 Å². The summed E-state index contributed by atoms with van der Waals surface area (Å²) in [5.41, 5.74) is 0.728. The molecule has 1 aliphatic rings. The third-order valence-electron chi connectivity index (χ3n) is 5.00. The summed E-state index contributed by atoms with van der Waals surface area (Å²) < 4.78 is 34.3. The smallest absolute Gasteiger partial charge is 0.338 e. The first-order valence-corrected chi connectivity index (χ1v) is 12.8. The van der Waals surface area contributed by atoms with Gasteiger partial charge in [-0.3, -0.25) is 8.42 Å². The van der Waals surface area contributed by atoms with Crippen molar-refractivity contribution in [3.05, 3.63) is 59.7 Å². The lowest BCUT2D eigenvalue weighted by Gasteiger charge is -2.30. The fraction of sp³-hybridized carbons (Fsp3) is 0.364. The summed E-state index contributed by atoms with van der Waals surface area (Å²) in [5.74, 6) is -0.989. The van der Waals surface area contributed by atoms with Crippen LogP contribution in [0.25, 0.3) is 0 Å². The summed E-state index contributed by atoms with van der Waals surface area (Å²) in [6.07, 6.45) is 5.12. The topological polar surface area (TPSA) is 86.7 Å². The number of benzene rings is 2. The molecule has 0 heterocycles. The van der Waals surface area contributed by atoms with Crippen LogP contribution in [0.3, 0.4) is 0 Å². The summed E-state index contributed by atoms with van der Waals surface area (Å²) in [5, 5.41) is 0. The molecule has 0 bridgehead atoms. The van der Waals surface area contributed by atoms with Crippen molar-refractivity contribution >= 4 is 33.5 Å². The minimum Gasteiger partial charge on any atom is -0.455 e. The first-order chi connectivity index (χ1) is 14.3. The molecule has 1 saturated carbocycles. The van der Waals surface area contributed by atoms with E-state index in [0.29, 0.717) is 33.8 Å². The number of rotatable bonds is 6. The molecule has 160 valence electrons. The monoisotopic (exact) mass is 448 g/mol. The maximum atomic E-state index is 12.5. The zero-order chi connectivity index (χ0) is 21.7. The fourth-order valence-electron chi connectivity index (χ4n) is 3.31. The highest BCUT2D eigenvalue weighted by Crippen LogP contribution is 2.26. The fourth-order valence-corrected chi connectivity index (χ4v) is 4.35. The molecule has 1 fully saturated rings. The van der Waals surface area contributed by atoms with Gasteiger partial charge in [-0.15, -0.1) is 0 Å². The Bertz CT molecular complexity index is 873. The SMILES string of the molecule is C[S@](=O)c1ccc(C(=O)O[C@@H]2CCCC[C@H]2OC(=O)c2ccc([S@](C)=O)cc2)cc1. The molecule has 0 saturated heterocycles. The van der Waals surface area contributed by atoms with Gasteiger partial charge in [-0.2, -0.15) is 0 Å². The molecule has 2 aromatic rings. The van der Waals surface area contributed by atoms with E-state index in [4.69, 9.17) is 9.47 Å². The lowest BCUT2D eigenvalue weighted by atomic mass is 9.94. The third kappa shape index (κ3) is 5.64. The molecule has 30 heavy (non-hydrogen) atoms. The first kappa shape index (κ1) is 22.4. The lowest BCUT2D eigenvalue weighted by molar-refractivity contribution is -0.0514. The molecule has 6 nitrogen and oxygen atoms in total. The number of hydrogen-bond acceptors (Lipinski definition) is 6. The Morgan fingerprint density at radius 3 is 1.33 bits per heavy atom. The number of carbonyl (C=O) groups excluding carboxylic acids is 2. The van der Waals surface area contributed by atoms with E-state index in [9.17, 15) is 18.0 Å². The van der Waals surface area contributed by atoms with Gasteiger partial charge in [-0.1, -0.05) is 0 Å². The molecule has 0 amide bonds. The number of carbonyl (C=O) groups is 2. The Kier molecular flexibility index (Phi) is 7.55. The van der Waals surface area contributed by atoms with Gasteiger partial charge in [-0.05, 0) is 74.2 Å². The van der Waals surface area contributed by atoms with Gasteiger partial charge in [0.15, 0.2) is 0 Å². The minimum atomic E-state index is -1.12. The van der Waals surface area contributed by atoms with Crippen LogP contribution in [0.5, 0.6) is 0 Å². The van der Waals surface area contributed by atoms with Crippen LogP contribution in [0.1, 0.15) is 46.4 Å². The van der Waals surface area contributed by atoms with Crippen molar-refractivity contribution in [2.75, 3.05) is 12.5 Å². The van der Waals surface area contributed by atoms with E-state index < -0.39 is 45.7 Å². The van der Waals surface area contributed by atoms with Crippen LogP contribution in [0.15, 0.2) is 58.3 Å². The second-order valence-corrected chi connectivity index (χ2v) is 9.89. The van der Waals surface area contributed by atoms with Gasteiger partial charge < -0.3 is 9.47 Å². The Morgan fingerprint density at radius 2 is 1.03 bits per heavy atom. The van der Waals surface area contributed by atoms with E-state index in [-0.39, 0.29) is 0 Å². The zero-order valence-corrected chi connectivity index (χ0v) is 18.5. The largest absolute Gasteiger partial charge is 0.455 e. The normalized spacial score (nSPS) is 20.7. The molecule has 0 aromatic heterocycles. The summed E-state index contributed by atoms with van der Waals surface area (Å²) in [6, 6.07) is 12.9. The van der Waals surface area contributed by atoms with E-state index in [1.807, 2.05) is 0 Å².